The van der Waals surface area contributed by atoms with E-state index in [1.165, 1.54) is 10.9 Å². The van der Waals surface area contributed by atoms with Gasteiger partial charge < -0.3 is 0 Å². The third kappa shape index (κ3) is 3.12. The molecule has 128 valence electrons. The van der Waals surface area contributed by atoms with Crippen LogP contribution in [0.1, 0.15) is 21.1 Å². The summed E-state index contributed by atoms with van der Waals surface area (Å²) in [4.78, 5) is 35.1. The summed E-state index contributed by atoms with van der Waals surface area (Å²) in [6, 6.07) is 14.3. The number of hydrogen-bond donors (Lipinski definition) is 1. The third-order valence-corrected chi connectivity index (χ3v) is 4.77. The Morgan fingerprint density at radius 2 is 2.00 bits per heavy atom. The lowest BCUT2D eigenvalue weighted by atomic mass is 10.2. The Labute approximate surface area is 152 Å². The largest absolute Gasteiger partial charge is 0.280 e. The number of para-hydroxylation sites is 1. The second kappa shape index (κ2) is 6.89. The summed E-state index contributed by atoms with van der Waals surface area (Å²) in [5.41, 5.74) is 3.34. The van der Waals surface area contributed by atoms with Gasteiger partial charge in [-0.15, -0.1) is 11.3 Å². The molecule has 7 heteroatoms. The maximum Gasteiger partial charge on any atom is 0.280 e. The minimum Gasteiger partial charge on any atom is -0.267 e. The number of rotatable bonds is 4. The summed E-state index contributed by atoms with van der Waals surface area (Å²) >= 11 is 1.57. The van der Waals surface area contributed by atoms with E-state index in [-0.39, 0.29) is 5.56 Å². The fourth-order valence-corrected chi connectivity index (χ4v) is 3.35. The molecule has 1 N–H and O–H groups in total. The van der Waals surface area contributed by atoms with Crippen molar-refractivity contribution in [1.82, 2.24) is 14.6 Å². The summed E-state index contributed by atoms with van der Waals surface area (Å²) in [7, 11) is 0. The van der Waals surface area contributed by atoms with Crippen molar-refractivity contribution in [3.05, 3.63) is 92.9 Å². The van der Waals surface area contributed by atoms with Gasteiger partial charge in [0.25, 0.3) is 11.5 Å². The summed E-state index contributed by atoms with van der Waals surface area (Å²) in [6.07, 6.45) is 3.49. The molecule has 0 aliphatic rings. The molecule has 0 saturated heterocycles. The van der Waals surface area contributed by atoms with Gasteiger partial charge in [-0.1, -0.05) is 18.2 Å². The van der Waals surface area contributed by atoms with Gasteiger partial charge in [-0.05, 0) is 35.7 Å². The fraction of sp³-hybridized carbons (Fsp3) is 0.0526. The normalized spacial score (nSPS) is 10.8. The highest BCUT2D eigenvalue weighted by molar-refractivity contribution is 7.09. The molecule has 0 spiro atoms. The number of hydrogen-bond acceptors (Lipinski definition) is 5. The number of benzene rings is 1. The van der Waals surface area contributed by atoms with Crippen molar-refractivity contribution >= 4 is 28.1 Å². The number of aromatic nitrogens is 3. The lowest BCUT2D eigenvalue weighted by Gasteiger charge is -2.14. The van der Waals surface area contributed by atoms with Crippen LogP contribution < -0.4 is 11.0 Å². The summed E-state index contributed by atoms with van der Waals surface area (Å²) < 4.78 is 1.23. The molecule has 0 aliphatic carbocycles. The molecule has 4 aromatic rings. The van der Waals surface area contributed by atoms with Crippen LogP contribution in [-0.2, 0) is 6.42 Å². The van der Waals surface area contributed by atoms with Gasteiger partial charge in [0, 0.05) is 23.7 Å². The molecule has 0 atom stereocenters. The molecule has 6 nitrogen and oxygen atoms in total. The van der Waals surface area contributed by atoms with Crippen molar-refractivity contribution in [2.24, 2.45) is 0 Å². The van der Waals surface area contributed by atoms with E-state index in [9.17, 15) is 9.59 Å². The maximum absolute atomic E-state index is 12.9. The van der Waals surface area contributed by atoms with Crippen LogP contribution >= 0.6 is 11.3 Å². The van der Waals surface area contributed by atoms with Crippen LogP contribution in [0.3, 0.4) is 0 Å². The number of nitrogens with one attached hydrogen (secondary N) is 1. The van der Waals surface area contributed by atoms with Gasteiger partial charge in [-0.2, -0.15) is 0 Å². The smallest absolute Gasteiger partial charge is 0.267 e. The van der Waals surface area contributed by atoms with Gasteiger partial charge in [0.2, 0.25) is 0 Å². The maximum atomic E-state index is 12.9. The van der Waals surface area contributed by atoms with Gasteiger partial charge in [0.05, 0.1) is 16.5 Å². The highest BCUT2D eigenvalue weighted by atomic mass is 32.1. The van der Waals surface area contributed by atoms with Crippen molar-refractivity contribution in [2.45, 2.75) is 6.42 Å². The zero-order valence-corrected chi connectivity index (χ0v) is 14.4. The zero-order valence-electron chi connectivity index (χ0n) is 13.6. The van der Waals surface area contributed by atoms with E-state index in [2.05, 4.69) is 15.4 Å². The minimum atomic E-state index is -0.412. The molecule has 0 bridgehead atoms. The third-order valence-electron chi connectivity index (χ3n) is 3.89. The quantitative estimate of drug-likeness (QED) is 0.606. The number of pyridine rings is 1. The van der Waals surface area contributed by atoms with Crippen LogP contribution in [0, 0.1) is 0 Å². The van der Waals surface area contributed by atoms with Crippen molar-refractivity contribution in [3.8, 4) is 0 Å². The van der Waals surface area contributed by atoms with Crippen molar-refractivity contribution in [3.63, 3.8) is 0 Å². The van der Waals surface area contributed by atoms with Gasteiger partial charge in [0.1, 0.15) is 5.82 Å². The van der Waals surface area contributed by atoms with E-state index in [0.29, 0.717) is 28.7 Å². The molecule has 3 aromatic heterocycles. The number of thiophene rings is 1. The Morgan fingerprint density at radius 1 is 1.12 bits per heavy atom. The van der Waals surface area contributed by atoms with Gasteiger partial charge in [-0.25, -0.2) is 9.66 Å². The van der Waals surface area contributed by atoms with Gasteiger partial charge in [0.15, 0.2) is 0 Å². The van der Waals surface area contributed by atoms with E-state index in [0.717, 1.165) is 4.88 Å². The predicted molar refractivity (Wildman–Crippen MR) is 101 cm³/mol. The Kier molecular flexibility index (Phi) is 4.28. The Hall–Kier alpha value is -3.32. The number of nitrogens with zero attached hydrogens (tertiary/aromatic N) is 3. The Morgan fingerprint density at radius 3 is 2.77 bits per heavy atom. The number of fused-ring (bicyclic) bond motifs is 1. The zero-order chi connectivity index (χ0) is 17.9. The number of carbonyl (C=O) groups excluding carboxylic acids is 1. The molecule has 0 aliphatic heterocycles. The van der Waals surface area contributed by atoms with Crippen LogP contribution in [-0.4, -0.2) is 20.6 Å². The Bertz CT molecular complexity index is 1120. The summed E-state index contributed by atoms with van der Waals surface area (Å²) in [6.45, 7) is 0. The fourth-order valence-electron chi connectivity index (χ4n) is 2.64. The first-order valence-electron chi connectivity index (χ1n) is 7.97. The molecule has 0 saturated carbocycles. The molecule has 1 amide bonds. The molecular weight excluding hydrogens is 348 g/mol. The van der Waals surface area contributed by atoms with Crippen molar-refractivity contribution < 1.29 is 4.79 Å². The second-order valence-electron chi connectivity index (χ2n) is 5.62. The summed E-state index contributed by atoms with van der Waals surface area (Å²) in [5.74, 6) is 0.0677. The molecule has 4 rings (SSSR count). The van der Waals surface area contributed by atoms with Crippen LogP contribution in [0.4, 0.5) is 0 Å². The first kappa shape index (κ1) is 16.2. The average Bonchev–Trinajstić information content (AvgIpc) is 3.18. The number of carbonyl (C=O) groups is 1. The van der Waals surface area contributed by atoms with Gasteiger partial charge >= 0.3 is 0 Å². The minimum absolute atomic E-state index is 0.306. The Balaban J connectivity index is 1.81. The lowest BCUT2D eigenvalue weighted by molar-refractivity contribution is 0.101. The first-order valence-corrected chi connectivity index (χ1v) is 8.85. The highest BCUT2D eigenvalue weighted by Crippen LogP contribution is 2.15. The first-order chi connectivity index (χ1) is 12.7. The molecule has 3 heterocycles. The van der Waals surface area contributed by atoms with Crippen molar-refractivity contribution in [2.75, 3.05) is 5.43 Å². The lowest BCUT2D eigenvalue weighted by Crippen LogP contribution is -2.36. The summed E-state index contributed by atoms with van der Waals surface area (Å²) in [5, 5.41) is 2.42. The predicted octanol–water partition coefficient (Wildman–Crippen LogP) is 2.83. The molecular formula is C19H14N4O2S. The van der Waals surface area contributed by atoms with E-state index < -0.39 is 5.91 Å². The molecule has 0 radical (unpaired) electrons. The molecule has 0 unspecified atom stereocenters. The SMILES string of the molecule is O=C(Nn1c(Cc2cccs2)nc2ccccc2c1=O)c1cccnc1. The van der Waals surface area contributed by atoms with Gasteiger partial charge in [-0.3, -0.25) is 20.0 Å². The average molecular weight is 362 g/mol. The molecule has 0 fully saturated rings. The highest BCUT2D eigenvalue weighted by Gasteiger charge is 2.15. The van der Waals surface area contributed by atoms with E-state index in [1.807, 2.05) is 23.6 Å². The number of amides is 1. The van der Waals surface area contributed by atoms with Crippen LogP contribution in [0.15, 0.2) is 71.1 Å². The van der Waals surface area contributed by atoms with Crippen LogP contribution in [0.5, 0.6) is 0 Å². The standard InChI is InChI=1S/C19H14N4O2S/c24-18(13-5-3-9-20-12-13)22-23-17(11-14-6-4-10-26-14)21-16-8-2-1-7-15(16)19(23)25/h1-10,12H,11H2,(H,22,24). The second-order valence-corrected chi connectivity index (χ2v) is 6.66. The van der Waals surface area contributed by atoms with E-state index in [1.54, 1.807) is 47.9 Å². The molecule has 1 aromatic carbocycles. The topological polar surface area (TPSA) is 76.9 Å². The van der Waals surface area contributed by atoms with E-state index >= 15 is 0 Å². The molecule has 26 heavy (non-hydrogen) atoms. The van der Waals surface area contributed by atoms with Crippen LogP contribution in [0.2, 0.25) is 0 Å². The van der Waals surface area contributed by atoms with Crippen LogP contribution in [0.25, 0.3) is 10.9 Å². The monoisotopic (exact) mass is 362 g/mol. The van der Waals surface area contributed by atoms with Crippen molar-refractivity contribution in [1.29, 1.82) is 0 Å². The van der Waals surface area contributed by atoms with E-state index in [4.69, 9.17) is 0 Å².